The van der Waals surface area contributed by atoms with Gasteiger partial charge in [-0.3, -0.25) is 4.57 Å². The molecule has 0 unspecified atom stereocenters. The summed E-state index contributed by atoms with van der Waals surface area (Å²) in [6, 6.07) is 30.3. The molecule has 0 spiro atoms. The molecule has 0 fully saturated rings. The molecule has 3 aromatic heterocycles. The van der Waals surface area contributed by atoms with Gasteiger partial charge in [0.05, 0.1) is 24.7 Å². The lowest BCUT2D eigenvalue weighted by Crippen LogP contribution is -2.33. The first kappa shape index (κ1) is 30.8. The quantitative estimate of drug-likeness (QED) is 0.150. The molecule has 0 radical (unpaired) electrons. The second-order valence-corrected chi connectivity index (χ2v) is 19.5. The lowest BCUT2D eigenvalue weighted by atomic mass is 9.63. The van der Waals surface area contributed by atoms with Crippen molar-refractivity contribution < 1.29 is 23.0 Å². The number of fused-ring (bicyclic) bond motifs is 5. The van der Waals surface area contributed by atoms with Crippen LogP contribution in [-0.2, 0) is 16.2 Å². The highest BCUT2D eigenvalue weighted by molar-refractivity contribution is 6.10. The van der Waals surface area contributed by atoms with E-state index in [1.807, 2.05) is 65.4 Å². The minimum Gasteiger partial charge on any atom is -0.457 e. The molecule has 0 amide bonds. The van der Waals surface area contributed by atoms with E-state index in [-0.39, 0.29) is 44.2 Å². The van der Waals surface area contributed by atoms with Crippen molar-refractivity contribution in [1.82, 2.24) is 14.1 Å². The average Bonchev–Trinajstić information content (AvgIpc) is 3.95. The summed E-state index contributed by atoms with van der Waals surface area (Å²) in [4.78, 5) is 5.00. The number of hydrogen-bond donors (Lipinski definition) is 0. The van der Waals surface area contributed by atoms with Crippen LogP contribution in [0.25, 0.3) is 72.3 Å². The van der Waals surface area contributed by atoms with E-state index >= 15 is 0 Å². The lowest BCUT2D eigenvalue weighted by Gasteiger charge is -2.42. The molecule has 0 N–H and O–H groups in total. The number of ether oxygens (including phenoxy) is 1. The molecular formula is C60H55N4O+. The molecule has 3 heterocycles. The van der Waals surface area contributed by atoms with Crippen molar-refractivity contribution in [3.8, 4) is 50.9 Å². The Hall–Kier alpha value is -7.24. The topological polar surface area (TPSA) is 35.9 Å². The summed E-state index contributed by atoms with van der Waals surface area (Å²) in [5.74, 6) is 1.99. The summed E-state index contributed by atoms with van der Waals surface area (Å²) in [5, 5.41) is 2.24. The Morgan fingerprint density at radius 2 is 1.25 bits per heavy atom. The highest BCUT2D eigenvalue weighted by Gasteiger charge is 2.38. The van der Waals surface area contributed by atoms with Crippen LogP contribution in [-0.4, -0.2) is 14.1 Å². The van der Waals surface area contributed by atoms with Gasteiger partial charge in [0.1, 0.15) is 28.7 Å². The maximum Gasteiger partial charge on any atom is 0.255 e. The maximum absolute atomic E-state index is 9.06. The van der Waals surface area contributed by atoms with Crippen molar-refractivity contribution in [3.05, 3.63) is 199 Å². The van der Waals surface area contributed by atoms with Gasteiger partial charge in [0.25, 0.3) is 6.33 Å². The van der Waals surface area contributed by atoms with Gasteiger partial charge in [-0.25, -0.2) is 4.98 Å². The van der Waals surface area contributed by atoms with Crippen molar-refractivity contribution in [2.75, 3.05) is 0 Å². The van der Waals surface area contributed by atoms with Crippen molar-refractivity contribution in [2.45, 2.75) is 77.6 Å². The fourth-order valence-corrected chi connectivity index (χ4v) is 9.68. The largest absolute Gasteiger partial charge is 0.457 e. The summed E-state index contributed by atoms with van der Waals surface area (Å²) in [6.07, 6.45) is 5.87. The van der Waals surface area contributed by atoms with Gasteiger partial charge in [-0.05, 0) is 118 Å². The number of imidazole rings is 1. The fourth-order valence-electron chi connectivity index (χ4n) is 9.68. The SMILES string of the molecule is [2H]c1c([2H])c([2H])c(-c2cccc(-c3c([2H])c([2H])c([2H])c([2H])c3[2H])c2-[n+]2cn(-c3cccc(Oc4ccc5c6cc7c(cc6n(-c6cc(C(C)(C)C)ccn6)c5c4)C(C)(C)CCC7(C)C)c3)c3ccccc32)c([2H])c1[2H]. The van der Waals surface area contributed by atoms with Crippen LogP contribution in [0, 0.1) is 0 Å². The summed E-state index contributed by atoms with van der Waals surface area (Å²) < 4.78 is 100. The number of nitrogens with zero attached hydrogens (tertiary/aromatic N) is 4. The average molecular weight is 858 g/mol. The second kappa shape index (κ2) is 15.2. The second-order valence-electron chi connectivity index (χ2n) is 19.5. The van der Waals surface area contributed by atoms with Gasteiger partial charge in [0.2, 0.25) is 0 Å². The van der Waals surface area contributed by atoms with Crippen LogP contribution in [0.4, 0.5) is 0 Å². The van der Waals surface area contributed by atoms with Gasteiger partial charge >= 0.3 is 0 Å². The molecule has 10 aromatic rings. The minimum absolute atomic E-state index is 0.00895. The van der Waals surface area contributed by atoms with Crippen molar-refractivity contribution in [3.63, 3.8) is 0 Å². The van der Waals surface area contributed by atoms with E-state index in [4.69, 9.17) is 23.4 Å². The molecular weight excluding hydrogens is 793 g/mol. The monoisotopic (exact) mass is 857 g/mol. The van der Waals surface area contributed by atoms with E-state index in [0.29, 0.717) is 28.2 Å². The van der Waals surface area contributed by atoms with Gasteiger partial charge in [0.15, 0.2) is 11.0 Å². The first-order valence-corrected chi connectivity index (χ1v) is 22.2. The normalized spacial score (nSPS) is 16.7. The summed E-state index contributed by atoms with van der Waals surface area (Å²) in [6.45, 7) is 16.0. The molecule has 1 aliphatic carbocycles. The van der Waals surface area contributed by atoms with E-state index in [2.05, 4.69) is 89.4 Å². The van der Waals surface area contributed by atoms with E-state index < -0.39 is 60.4 Å². The Morgan fingerprint density at radius 1 is 0.615 bits per heavy atom. The van der Waals surface area contributed by atoms with Gasteiger partial charge < -0.3 is 4.74 Å². The molecule has 0 bridgehead atoms. The zero-order valence-corrected chi connectivity index (χ0v) is 37.7. The minimum atomic E-state index is -0.555. The summed E-state index contributed by atoms with van der Waals surface area (Å²) >= 11 is 0. The van der Waals surface area contributed by atoms with Gasteiger partial charge in [-0.2, -0.15) is 9.13 Å². The van der Waals surface area contributed by atoms with Crippen LogP contribution in [0.15, 0.2) is 182 Å². The number of benzene rings is 7. The van der Waals surface area contributed by atoms with Crippen LogP contribution < -0.4 is 9.30 Å². The zero-order valence-electron chi connectivity index (χ0n) is 47.7. The third-order valence-electron chi connectivity index (χ3n) is 13.3. The molecule has 11 rings (SSSR count). The van der Waals surface area contributed by atoms with Crippen LogP contribution in [0.1, 0.15) is 91.7 Å². The zero-order chi connectivity index (χ0) is 53.4. The van der Waals surface area contributed by atoms with Crippen LogP contribution >= 0.6 is 0 Å². The predicted molar refractivity (Wildman–Crippen MR) is 268 cm³/mol. The third-order valence-corrected chi connectivity index (χ3v) is 13.3. The molecule has 0 aliphatic heterocycles. The highest BCUT2D eigenvalue weighted by Crippen LogP contribution is 2.49. The lowest BCUT2D eigenvalue weighted by molar-refractivity contribution is -0.566. The standard InChI is InChI=1S/C60H55N4O/c1-58(2,3)42-30-33-61-56(34-42)64-54-36-45(28-29-48(54)49-37-50-51(38-55(49)64)60(6,7)32-31-59(50,4)5)65-44-23-16-22-43(35-44)62-39-63(53-27-15-14-26-52(53)62)57-46(40-18-10-8-11-19-40)24-17-25-47(57)41-20-12-9-13-21-41/h8-30,33-39H,31-32H2,1-7H3/q+1/i8D,9D,10D,11D,12D,13D,18D,19D,20D,21D. The Morgan fingerprint density at radius 3 is 1.94 bits per heavy atom. The first-order valence-electron chi connectivity index (χ1n) is 27.2. The summed E-state index contributed by atoms with van der Waals surface area (Å²) in [7, 11) is 0. The maximum atomic E-state index is 9.06. The number of aromatic nitrogens is 4. The molecule has 0 atom stereocenters. The highest BCUT2D eigenvalue weighted by atomic mass is 16.5. The Labute approximate surface area is 396 Å². The summed E-state index contributed by atoms with van der Waals surface area (Å²) in [5.41, 5.74) is 8.30. The number of pyridine rings is 1. The smallest absolute Gasteiger partial charge is 0.255 e. The van der Waals surface area contributed by atoms with E-state index in [1.165, 1.54) is 16.7 Å². The van der Waals surface area contributed by atoms with Crippen molar-refractivity contribution in [2.24, 2.45) is 0 Å². The van der Waals surface area contributed by atoms with Crippen LogP contribution in [0.5, 0.6) is 11.5 Å². The first-order chi connectivity index (χ1) is 35.5. The van der Waals surface area contributed by atoms with Crippen LogP contribution in [0.3, 0.4) is 0 Å². The molecule has 1 aliphatic rings. The molecule has 7 aromatic carbocycles. The van der Waals surface area contributed by atoms with E-state index in [0.717, 1.165) is 40.5 Å². The van der Waals surface area contributed by atoms with Crippen molar-refractivity contribution in [1.29, 1.82) is 0 Å². The van der Waals surface area contributed by atoms with E-state index in [1.54, 1.807) is 29.1 Å². The van der Waals surface area contributed by atoms with Gasteiger partial charge in [0, 0.05) is 40.2 Å². The fraction of sp³-hybridized carbons (Fsp3) is 0.200. The molecule has 0 saturated heterocycles. The number of hydrogen-bond acceptors (Lipinski definition) is 2. The van der Waals surface area contributed by atoms with Crippen molar-refractivity contribution >= 4 is 32.8 Å². The van der Waals surface area contributed by atoms with Crippen LogP contribution in [0.2, 0.25) is 0 Å². The van der Waals surface area contributed by atoms with Gasteiger partial charge in [-0.1, -0.05) is 145 Å². The molecule has 0 saturated carbocycles. The Balaban J connectivity index is 1.09. The number of rotatable bonds is 7. The Kier molecular flexibility index (Phi) is 7.20. The molecule has 5 heteroatoms. The molecule has 320 valence electrons. The predicted octanol–water partition coefficient (Wildman–Crippen LogP) is 15.2. The third kappa shape index (κ3) is 7.02. The number of para-hydroxylation sites is 3. The molecule has 65 heavy (non-hydrogen) atoms. The van der Waals surface area contributed by atoms with E-state index in [9.17, 15) is 0 Å². The molecule has 5 nitrogen and oxygen atoms in total. The Bertz CT molecular complexity index is 3910. The van der Waals surface area contributed by atoms with Gasteiger partial charge in [-0.15, -0.1) is 0 Å².